The van der Waals surface area contributed by atoms with Gasteiger partial charge in [-0.1, -0.05) is 18.2 Å². The van der Waals surface area contributed by atoms with Crippen molar-refractivity contribution in [3.8, 4) is 0 Å². The van der Waals surface area contributed by atoms with E-state index >= 15 is 0 Å². The van der Waals surface area contributed by atoms with E-state index in [1.54, 1.807) is 7.05 Å². The van der Waals surface area contributed by atoms with Gasteiger partial charge in [0.25, 0.3) is 0 Å². The molecule has 1 unspecified atom stereocenters. The van der Waals surface area contributed by atoms with Crippen molar-refractivity contribution in [2.24, 2.45) is 0 Å². The van der Waals surface area contributed by atoms with Crippen molar-refractivity contribution in [1.29, 1.82) is 0 Å². The summed E-state index contributed by atoms with van der Waals surface area (Å²) in [5.74, 6) is 0. The van der Waals surface area contributed by atoms with Crippen molar-refractivity contribution in [2.45, 2.75) is 18.5 Å². The van der Waals surface area contributed by atoms with Crippen molar-refractivity contribution in [3.63, 3.8) is 0 Å². The van der Waals surface area contributed by atoms with E-state index in [9.17, 15) is 9.90 Å². The summed E-state index contributed by atoms with van der Waals surface area (Å²) in [5, 5.41) is 13.5. The molecular formula is C14H16N4O2. The molecule has 1 aromatic heterocycles. The summed E-state index contributed by atoms with van der Waals surface area (Å²) < 4.78 is 0. The van der Waals surface area contributed by atoms with Crippen molar-refractivity contribution >= 4 is 17.0 Å². The van der Waals surface area contributed by atoms with E-state index in [0.29, 0.717) is 13.0 Å². The van der Waals surface area contributed by atoms with Gasteiger partial charge in [-0.05, 0) is 26.0 Å². The maximum Gasteiger partial charge on any atom is 0.409 e. The fraction of sp³-hybridized carbons (Fsp3) is 0.357. The molecule has 6 nitrogen and oxygen atoms in total. The topological polar surface area (TPSA) is 78.4 Å². The van der Waals surface area contributed by atoms with Gasteiger partial charge in [-0.25, -0.2) is 14.8 Å². The minimum absolute atomic E-state index is 0.508. The van der Waals surface area contributed by atoms with Crippen LogP contribution in [-0.2, 0) is 5.66 Å². The van der Waals surface area contributed by atoms with Gasteiger partial charge in [0.1, 0.15) is 12.0 Å². The summed E-state index contributed by atoms with van der Waals surface area (Å²) in [6.45, 7) is 0.508. The third-order valence-electron chi connectivity index (χ3n) is 3.96. The largest absolute Gasteiger partial charge is 0.465 e. The van der Waals surface area contributed by atoms with Crippen LogP contribution < -0.4 is 5.32 Å². The fourth-order valence-electron chi connectivity index (χ4n) is 3.04. The Bertz CT molecular complexity index is 655. The Morgan fingerprint density at radius 1 is 1.40 bits per heavy atom. The van der Waals surface area contributed by atoms with Crippen LogP contribution in [0.2, 0.25) is 0 Å². The zero-order chi connectivity index (χ0) is 14.2. The molecule has 6 heteroatoms. The monoisotopic (exact) mass is 272 g/mol. The summed E-state index contributed by atoms with van der Waals surface area (Å²) in [5.41, 5.74) is 0.781. The molecule has 1 atom stereocenters. The van der Waals surface area contributed by atoms with Gasteiger partial charge in [-0.15, -0.1) is 0 Å². The van der Waals surface area contributed by atoms with Gasteiger partial charge in [-0.2, -0.15) is 0 Å². The van der Waals surface area contributed by atoms with Gasteiger partial charge in [0.05, 0.1) is 11.2 Å². The highest BCUT2D eigenvalue weighted by molar-refractivity contribution is 5.82. The van der Waals surface area contributed by atoms with Crippen molar-refractivity contribution in [2.75, 3.05) is 13.6 Å². The van der Waals surface area contributed by atoms with Gasteiger partial charge in [0.15, 0.2) is 0 Å². The van der Waals surface area contributed by atoms with Gasteiger partial charge >= 0.3 is 6.09 Å². The number of amides is 1. The fourth-order valence-corrected chi connectivity index (χ4v) is 3.04. The number of rotatable bonds is 2. The SMILES string of the molecule is CNC1(c2ncnc3ccccc23)CCCN1C(=O)O. The third-order valence-corrected chi connectivity index (χ3v) is 3.96. The lowest BCUT2D eigenvalue weighted by molar-refractivity contribution is 0.0840. The van der Waals surface area contributed by atoms with Gasteiger partial charge in [-0.3, -0.25) is 10.2 Å². The number of carbonyl (C=O) groups is 1. The predicted molar refractivity (Wildman–Crippen MR) is 74.2 cm³/mol. The molecule has 1 aliphatic heterocycles. The second-order valence-corrected chi connectivity index (χ2v) is 4.89. The molecule has 0 saturated carbocycles. The minimum Gasteiger partial charge on any atom is -0.465 e. The molecule has 2 heterocycles. The predicted octanol–water partition coefficient (Wildman–Crippen LogP) is 1.78. The summed E-state index contributed by atoms with van der Waals surface area (Å²) in [6.07, 6.45) is 2.08. The Balaban J connectivity index is 2.24. The Morgan fingerprint density at radius 3 is 2.95 bits per heavy atom. The van der Waals surface area contributed by atoms with E-state index in [0.717, 1.165) is 23.0 Å². The van der Waals surface area contributed by atoms with Crippen LogP contribution in [0.25, 0.3) is 10.9 Å². The first-order chi connectivity index (χ1) is 9.69. The van der Waals surface area contributed by atoms with Crippen LogP contribution in [0, 0.1) is 0 Å². The number of likely N-dealkylation sites (tertiary alicyclic amines) is 1. The second kappa shape index (κ2) is 4.72. The van der Waals surface area contributed by atoms with Gasteiger partial charge in [0.2, 0.25) is 0 Å². The molecule has 20 heavy (non-hydrogen) atoms. The molecule has 0 aliphatic carbocycles. The standard InChI is InChI=1S/C14H16N4O2/c1-15-14(7-4-8-18(14)13(19)20)12-10-5-2-3-6-11(10)16-9-17-12/h2-3,5-6,9,15H,4,7-8H2,1H3,(H,19,20). The first-order valence-electron chi connectivity index (χ1n) is 6.59. The van der Waals surface area contributed by atoms with Crippen LogP contribution >= 0.6 is 0 Å². The van der Waals surface area contributed by atoms with E-state index < -0.39 is 11.8 Å². The number of para-hydroxylation sites is 1. The number of nitrogens with one attached hydrogen (secondary N) is 1. The molecule has 1 aliphatic rings. The number of benzene rings is 1. The number of carboxylic acid groups (broad SMARTS) is 1. The Kier molecular flexibility index (Phi) is 3.02. The van der Waals surface area contributed by atoms with Crippen LogP contribution in [0.3, 0.4) is 0 Å². The number of hydrogen-bond acceptors (Lipinski definition) is 4. The average Bonchev–Trinajstić information content (AvgIpc) is 2.92. The zero-order valence-corrected chi connectivity index (χ0v) is 11.2. The smallest absolute Gasteiger partial charge is 0.409 e. The molecule has 2 N–H and O–H groups in total. The second-order valence-electron chi connectivity index (χ2n) is 4.89. The van der Waals surface area contributed by atoms with Crippen molar-refractivity contribution in [1.82, 2.24) is 20.2 Å². The Hall–Kier alpha value is -2.21. The molecule has 1 fully saturated rings. The lowest BCUT2D eigenvalue weighted by Gasteiger charge is -2.36. The summed E-state index contributed by atoms with van der Waals surface area (Å²) in [7, 11) is 1.78. The first-order valence-corrected chi connectivity index (χ1v) is 6.59. The Morgan fingerprint density at radius 2 is 2.20 bits per heavy atom. The maximum atomic E-state index is 11.5. The van der Waals surface area contributed by atoms with Gasteiger partial charge < -0.3 is 5.11 Å². The molecule has 0 spiro atoms. The molecule has 3 rings (SSSR count). The highest BCUT2D eigenvalue weighted by Crippen LogP contribution is 2.37. The summed E-state index contributed by atoms with van der Waals surface area (Å²) in [6, 6.07) is 7.67. The lowest BCUT2D eigenvalue weighted by atomic mass is 9.98. The molecule has 1 saturated heterocycles. The maximum absolute atomic E-state index is 11.5. The van der Waals surface area contributed by atoms with E-state index in [-0.39, 0.29) is 0 Å². The molecular weight excluding hydrogens is 256 g/mol. The zero-order valence-electron chi connectivity index (χ0n) is 11.2. The molecule has 0 bridgehead atoms. The van der Waals surface area contributed by atoms with Crippen LogP contribution in [0.5, 0.6) is 0 Å². The quantitative estimate of drug-likeness (QED) is 0.871. The summed E-state index contributed by atoms with van der Waals surface area (Å²) in [4.78, 5) is 21.6. The summed E-state index contributed by atoms with van der Waals surface area (Å²) >= 11 is 0. The number of aromatic nitrogens is 2. The highest BCUT2D eigenvalue weighted by Gasteiger charge is 2.46. The van der Waals surface area contributed by atoms with Crippen LogP contribution in [-0.4, -0.2) is 39.7 Å². The van der Waals surface area contributed by atoms with Crippen molar-refractivity contribution < 1.29 is 9.90 Å². The molecule has 1 aromatic carbocycles. The lowest BCUT2D eigenvalue weighted by Crippen LogP contribution is -2.53. The van der Waals surface area contributed by atoms with E-state index in [1.165, 1.54) is 11.2 Å². The number of hydrogen-bond donors (Lipinski definition) is 2. The van der Waals surface area contributed by atoms with Crippen LogP contribution in [0.4, 0.5) is 4.79 Å². The number of nitrogens with zero attached hydrogens (tertiary/aromatic N) is 3. The Labute approximate surface area is 116 Å². The highest BCUT2D eigenvalue weighted by atomic mass is 16.4. The minimum atomic E-state index is -0.931. The van der Waals surface area contributed by atoms with Crippen LogP contribution in [0.1, 0.15) is 18.5 Å². The van der Waals surface area contributed by atoms with E-state index in [2.05, 4.69) is 15.3 Å². The molecule has 2 aromatic rings. The van der Waals surface area contributed by atoms with Gasteiger partial charge in [0, 0.05) is 11.9 Å². The van der Waals surface area contributed by atoms with E-state index in [4.69, 9.17) is 0 Å². The average molecular weight is 272 g/mol. The number of fused-ring (bicyclic) bond motifs is 1. The first kappa shape index (κ1) is 12.8. The normalized spacial score (nSPS) is 22.4. The molecule has 1 amide bonds. The third kappa shape index (κ3) is 1.72. The molecule has 104 valence electrons. The van der Waals surface area contributed by atoms with Crippen molar-refractivity contribution in [3.05, 3.63) is 36.3 Å². The van der Waals surface area contributed by atoms with Crippen LogP contribution in [0.15, 0.2) is 30.6 Å². The van der Waals surface area contributed by atoms with E-state index in [1.807, 2.05) is 24.3 Å². The molecule has 0 radical (unpaired) electrons.